The molecule has 0 bridgehead atoms. The Balaban J connectivity index is 2.09. The van der Waals surface area contributed by atoms with Gasteiger partial charge in [-0.25, -0.2) is 4.98 Å². The molecule has 4 heteroatoms. The van der Waals surface area contributed by atoms with E-state index >= 15 is 0 Å². The molecule has 1 aromatic heterocycles. The zero-order valence-electron chi connectivity index (χ0n) is 11.8. The monoisotopic (exact) mass is 277 g/mol. The molecule has 2 N–H and O–H groups in total. The van der Waals surface area contributed by atoms with Gasteiger partial charge >= 0.3 is 0 Å². The molecule has 19 heavy (non-hydrogen) atoms. The molecule has 0 amide bonds. The van der Waals surface area contributed by atoms with Gasteiger partial charge in [0.15, 0.2) is 0 Å². The Hall–Kier alpha value is -1.16. The van der Waals surface area contributed by atoms with Crippen LogP contribution in [-0.2, 0) is 0 Å². The summed E-state index contributed by atoms with van der Waals surface area (Å²) in [6.07, 6.45) is 5.61. The molecule has 0 saturated carbocycles. The molecule has 1 saturated heterocycles. The van der Waals surface area contributed by atoms with Gasteiger partial charge in [-0.3, -0.25) is 0 Å². The summed E-state index contributed by atoms with van der Waals surface area (Å²) >= 11 is 5.03. The van der Waals surface area contributed by atoms with Crippen molar-refractivity contribution < 1.29 is 0 Å². The zero-order chi connectivity index (χ0) is 13.8. The first-order valence-electron chi connectivity index (χ1n) is 7.08. The minimum absolute atomic E-state index is 0.443. The number of hydrogen-bond acceptors (Lipinski definition) is 3. The van der Waals surface area contributed by atoms with E-state index in [4.69, 9.17) is 18.0 Å². The number of hydrogen-bond donors (Lipinski definition) is 1. The molecule has 0 aliphatic carbocycles. The Kier molecular flexibility index (Phi) is 4.75. The fraction of sp³-hybridized carbons (Fsp3) is 0.600. The molecule has 1 fully saturated rings. The number of nitrogens with two attached hydrogens (primary N) is 1. The number of thiocarbonyl (C=S) groups is 1. The molecule has 104 valence electrons. The normalized spacial score (nSPS) is 20.4. The van der Waals surface area contributed by atoms with Gasteiger partial charge in [-0.2, -0.15) is 0 Å². The van der Waals surface area contributed by atoms with Gasteiger partial charge in [-0.1, -0.05) is 26.1 Å². The Labute approximate surface area is 121 Å². The van der Waals surface area contributed by atoms with Gasteiger partial charge in [-0.15, -0.1) is 0 Å². The van der Waals surface area contributed by atoms with E-state index in [0.717, 1.165) is 36.3 Å². The molecule has 1 aliphatic heterocycles. The SMILES string of the molecule is CC(C)C1CCCN(c2cc(C(N)=S)ccn2)CC1. The summed E-state index contributed by atoms with van der Waals surface area (Å²) in [5.41, 5.74) is 6.60. The summed E-state index contributed by atoms with van der Waals surface area (Å²) in [6.45, 7) is 6.81. The van der Waals surface area contributed by atoms with Crippen molar-refractivity contribution in [3.05, 3.63) is 23.9 Å². The van der Waals surface area contributed by atoms with Crippen LogP contribution in [0.2, 0.25) is 0 Å². The standard InChI is InChI=1S/C15H23N3S/c1-11(2)12-4-3-8-18(9-6-12)14-10-13(15(16)19)5-7-17-14/h5,7,10-12H,3-4,6,8-9H2,1-2H3,(H2,16,19). The highest BCUT2D eigenvalue weighted by Crippen LogP contribution is 2.26. The first-order chi connectivity index (χ1) is 9.08. The highest BCUT2D eigenvalue weighted by molar-refractivity contribution is 7.80. The van der Waals surface area contributed by atoms with Gasteiger partial charge in [0, 0.05) is 24.8 Å². The summed E-state index contributed by atoms with van der Waals surface area (Å²) in [6, 6.07) is 3.89. The van der Waals surface area contributed by atoms with Crippen LogP contribution in [0.1, 0.15) is 38.7 Å². The molecule has 0 radical (unpaired) electrons. The number of nitrogens with zero attached hydrogens (tertiary/aromatic N) is 2. The first-order valence-corrected chi connectivity index (χ1v) is 7.49. The third-order valence-electron chi connectivity index (χ3n) is 4.07. The minimum Gasteiger partial charge on any atom is -0.389 e. The first kappa shape index (κ1) is 14.3. The maximum atomic E-state index is 5.69. The van der Waals surface area contributed by atoms with Crippen molar-refractivity contribution in [3.8, 4) is 0 Å². The largest absolute Gasteiger partial charge is 0.389 e. The van der Waals surface area contributed by atoms with E-state index in [0.29, 0.717) is 4.99 Å². The molecule has 1 atom stereocenters. The fourth-order valence-corrected chi connectivity index (χ4v) is 2.89. The van der Waals surface area contributed by atoms with Crippen LogP contribution in [-0.4, -0.2) is 23.1 Å². The second kappa shape index (κ2) is 6.33. The summed E-state index contributed by atoms with van der Waals surface area (Å²) < 4.78 is 0. The van der Waals surface area contributed by atoms with Gasteiger partial charge in [0.1, 0.15) is 10.8 Å². The van der Waals surface area contributed by atoms with E-state index in [1.54, 1.807) is 6.20 Å². The number of anilines is 1. The fourth-order valence-electron chi connectivity index (χ4n) is 2.76. The second-order valence-corrected chi connectivity index (χ2v) is 6.13. The Morgan fingerprint density at radius 2 is 2.21 bits per heavy atom. The maximum Gasteiger partial charge on any atom is 0.129 e. The van der Waals surface area contributed by atoms with Crippen molar-refractivity contribution in [1.82, 2.24) is 4.98 Å². The van der Waals surface area contributed by atoms with Crippen LogP contribution in [0.25, 0.3) is 0 Å². The Bertz CT molecular complexity index is 445. The lowest BCUT2D eigenvalue weighted by Gasteiger charge is -2.22. The highest BCUT2D eigenvalue weighted by Gasteiger charge is 2.20. The van der Waals surface area contributed by atoms with Crippen LogP contribution >= 0.6 is 12.2 Å². The molecule has 1 aromatic rings. The molecular weight excluding hydrogens is 254 g/mol. The van der Waals surface area contributed by atoms with Crippen molar-refractivity contribution in [1.29, 1.82) is 0 Å². The van der Waals surface area contributed by atoms with E-state index in [-0.39, 0.29) is 0 Å². The minimum atomic E-state index is 0.443. The number of aromatic nitrogens is 1. The van der Waals surface area contributed by atoms with E-state index in [2.05, 4.69) is 23.7 Å². The number of rotatable bonds is 3. The Morgan fingerprint density at radius 3 is 2.89 bits per heavy atom. The molecule has 0 spiro atoms. The third kappa shape index (κ3) is 3.66. The van der Waals surface area contributed by atoms with Crippen molar-refractivity contribution >= 4 is 23.0 Å². The second-order valence-electron chi connectivity index (χ2n) is 5.69. The average molecular weight is 277 g/mol. The smallest absolute Gasteiger partial charge is 0.129 e. The summed E-state index contributed by atoms with van der Waals surface area (Å²) in [7, 11) is 0. The van der Waals surface area contributed by atoms with E-state index in [9.17, 15) is 0 Å². The van der Waals surface area contributed by atoms with E-state index in [1.165, 1.54) is 19.3 Å². The highest BCUT2D eigenvalue weighted by atomic mass is 32.1. The van der Waals surface area contributed by atoms with Crippen molar-refractivity contribution in [2.75, 3.05) is 18.0 Å². The average Bonchev–Trinajstić information content (AvgIpc) is 2.64. The number of pyridine rings is 1. The lowest BCUT2D eigenvalue weighted by molar-refractivity contribution is 0.351. The topological polar surface area (TPSA) is 42.1 Å². The van der Waals surface area contributed by atoms with Crippen LogP contribution in [0.15, 0.2) is 18.3 Å². The molecule has 3 nitrogen and oxygen atoms in total. The molecule has 0 aromatic carbocycles. The van der Waals surface area contributed by atoms with Crippen molar-refractivity contribution in [3.63, 3.8) is 0 Å². The van der Waals surface area contributed by atoms with Gasteiger partial charge < -0.3 is 10.6 Å². The maximum absolute atomic E-state index is 5.69. The summed E-state index contributed by atoms with van der Waals surface area (Å²) in [5.74, 6) is 2.62. The molecule has 1 aliphatic rings. The van der Waals surface area contributed by atoms with Crippen LogP contribution in [0.3, 0.4) is 0 Å². The molecule has 2 heterocycles. The zero-order valence-corrected chi connectivity index (χ0v) is 12.6. The lowest BCUT2D eigenvalue weighted by Crippen LogP contribution is -2.26. The van der Waals surface area contributed by atoms with E-state index in [1.807, 2.05) is 12.1 Å². The van der Waals surface area contributed by atoms with Gasteiger partial charge in [0.2, 0.25) is 0 Å². The molecule has 1 unspecified atom stereocenters. The van der Waals surface area contributed by atoms with Crippen LogP contribution < -0.4 is 10.6 Å². The van der Waals surface area contributed by atoms with Gasteiger partial charge in [0.05, 0.1) is 0 Å². The predicted molar refractivity (Wildman–Crippen MR) is 84.5 cm³/mol. The van der Waals surface area contributed by atoms with E-state index < -0.39 is 0 Å². The molecular formula is C15H23N3S. The van der Waals surface area contributed by atoms with Crippen LogP contribution in [0.4, 0.5) is 5.82 Å². The summed E-state index contributed by atoms with van der Waals surface area (Å²) in [4.78, 5) is 7.28. The predicted octanol–water partition coefficient (Wildman–Crippen LogP) is 2.98. The summed E-state index contributed by atoms with van der Waals surface area (Å²) in [5, 5.41) is 0. The molecule has 2 rings (SSSR count). The third-order valence-corrected chi connectivity index (χ3v) is 4.31. The van der Waals surface area contributed by atoms with Crippen LogP contribution in [0.5, 0.6) is 0 Å². The van der Waals surface area contributed by atoms with Gasteiger partial charge in [-0.05, 0) is 43.2 Å². The van der Waals surface area contributed by atoms with Crippen molar-refractivity contribution in [2.24, 2.45) is 17.6 Å². The Morgan fingerprint density at radius 1 is 1.42 bits per heavy atom. The van der Waals surface area contributed by atoms with Crippen molar-refractivity contribution in [2.45, 2.75) is 33.1 Å². The quantitative estimate of drug-likeness (QED) is 0.863. The van der Waals surface area contributed by atoms with Crippen LogP contribution in [0, 0.1) is 11.8 Å². The van der Waals surface area contributed by atoms with Gasteiger partial charge in [0.25, 0.3) is 0 Å². The lowest BCUT2D eigenvalue weighted by atomic mass is 9.89.